The lowest BCUT2D eigenvalue weighted by molar-refractivity contribution is -0.132. The molecule has 0 saturated carbocycles. The van der Waals surface area contributed by atoms with Gasteiger partial charge in [0.2, 0.25) is 5.95 Å². The maximum Gasteiger partial charge on any atom is 0.302 e. The highest BCUT2D eigenvalue weighted by Crippen LogP contribution is 2.41. The van der Waals surface area contributed by atoms with Crippen LogP contribution in [0.5, 0.6) is 11.5 Å². The first kappa shape index (κ1) is 21.0. The van der Waals surface area contributed by atoms with Gasteiger partial charge in [0, 0.05) is 18.0 Å². The summed E-state index contributed by atoms with van der Waals surface area (Å²) in [5, 5.41) is 11.1. The standard InChI is InChI=1S/C24H21N3O5/c1-3-32-17-10-8-15(9-11-17)21(28)19-20(16-6-4-7-18(14-16)31-2)27(23(30)22(19)29)24-25-12-5-13-26-24/h4-14,20,28H,3H2,1-2H3/b21-19-. The number of rotatable bonds is 6. The van der Waals surface area contributed by atoms with E-state index in [4.69, 9.17) is 9.47 Å². The van der Waals surface area contributed by atoms with E-state index in [1.807, 2.05) is 6.92 Å². The Balaban J connectivity index is 1.89. The summed E-state index contributed by atoms with van der Waals surface area (Å²) >= 11 is 0. The van der Waals surface area contributed by atoms with Gasteiger partial charge in [-0.2, -0.15) is 0 Å². The molecule has 8 heteroatoms. The van der Waals surface area contributed by atoms with Gasteiger partial charge in [0.05, 0.1) is 25.3 Å². The number of carbonyl (C=O) groups excluding carboxylic acids is 2. The summed E-state index contributed by atoms with van der Waals surface area (Å²) in [7, 11) is 1.52. The molecule has 2 heterocycles. The average Bonchev–Trinajstić information content (AvgIpc) is 3.10. The third-order valence-electron chi connectivity index (χ3n) is 5.06. The number of Topliss-reactive ketones (excluding diaryl/α,β-unsaturated/α-hetero) is 1. The van der Waals surface area contributed by atoms with Crippen LogP contribution in [0.1, 0.15) is 24.1 Å². The molecule has 1 aromatic heterocycles. The number of anilines is 1. The van der Waals surface area contributed by atoms with Gasteiger partial charge in [-0.3, -0.25) is 14.5 Å². The van der Waals surface area contributed by atoms with E-state index in [0.29, 0.717) is 29.2 Å². The van der Waals surface area contributed by atoms with Crippen LogP contribution in [0.15, 0.2) is 72.6 Å². The van der Waals surface area contributed by atoms with E-state index in [0.717, 1.165) is 0 Å². The van der Waals surface area contributed by atoms with Gasteiger partial charge in [-0.25, -0.2) is 9.97 Å². The van der Waals surface area contributed by atoms with Crippen LogP contribution in [0.4, 0.5) is 5.95 Å². The Bertz CT molecular complexity index is 1180. The largest absolute Gasteiger partial charge is 0.507 e. The summed E-state index contributed by atoms with van der Waals surface area (Å²) in [6.45, 7) is 2.37. The molecule has 0 radical (unpaired) electrons. The Kier molecular flexibility index (Phi) is 5.85. The maximum atomic E-state index is 13.1. The molecule has 1 unspecified atom stereocenters. The van der Waals surface area contributed by atoms with Crippen molar-refractivity contribution in [2.24, 2.45) is 0 Å². The van der Waals surface area contributed by atoms with Crippen molar-refractivity contribution < 1.29 is 24.2 Å². The van der Waals surface area contributed by atoms with Crippen LogP contribution < -0.4 is 14.4 Å². The number of nitrogens with zero attached hydrogens (tertiary/aromatic N) is 3. The molecule has 0 aliphatic carbocycles. The zero-order valence-electron chi connectivity index (χ0n) is 17.6. The minimum Gasteiger partial charge on any atom is -0.507 e. The maximum absolute atomic E-state index is 13.1. The number of ketones is 1. The molecule has 0 spiro atoms. The third-order valence-corrected chi connectivity index (χ3v) is 5.06. The number of amides is 1. The second-order valence-electron chi connectivity index (χ2n) is 6.95. The normalized spacial score (nSPS) is 17.4. The first-order chi connectivity index (χ1) is 15.5. The molecular formula is C24H21N3O5. The smallest absolute Gasteiger partial charge is 0.302 e. The lowest BCUT2D eigenvalue weighted by Crippen LogP contribution is -2.31. The molecule has 1 atom stereocenters. The molecule has 162 valence electrons. The fourth-order valence-electron chi connectivity index (χ4n) is 3.61. The Hall–Kier alpha value is -4.20. The zero-order valence-corrected chi connectivity index (χ0v) is 17.6. The van der Waals surface area contributed by atoms with Crippen molar-refractivity contribution in [3.8, 4) is 11.5 Å². The lowest BCUT2D eigenvalue weighted by Gasteiger charge is -2.23. The molecule has 1 N–H and O–H groups in total. The minimum atomic E-state index is -0.931. The van der Waals surface area contributed by atoms with E-state index in [9.17, 15) is 14.7 Å². The van der Waals surface area contributed by atoms with Gasteiger partial charge < -0.3 is 14.6 Å². The minimum absolute atomic E-state index is 0.0557. The Morgan fingerprint density at radius 3 is 2.41 bits per heavy atom. The molecule has 3 aromatic rings. The van der Waals surface area contributed by atoms with Gasteiger partial charge >= 0.3 is 5.91 Å². The predicted octanol–water partition coefficient (Wildman–Crippen LogP) is 3.51. The number of aromatic nitrogens is 2. The van der Waals surface area contributed by atoms with Gasteiger partial charge in [-0.1, -0.05) is 12.1 Å². The van der Waals surface area contributed by atoms with Gasteiger partial charge in [-0.05, 0) is 55.0 Å². The second-order valence-corrected chi connectivity index (χ2v) is 6.95. The van der Waals surface area contributed by atoms with Crippen molar-refractivity contribution in [3.63, 3.8) is 0 Å². The van der Waals surface area contributed by atoms with E-state index in [1.165, 1.54) is 24.4 Å². The summed E-state index contributed by atoms with van der Waals surface area (Å²) in [5.41, 5.74) is 0.900. The van der Waals surface area contributed by atoms with E-state index in [1.54, 1.807) is 54.6 Å². The molecule has 1 aliphatic heterocycles. The predicted molar refractivity (Wildman–Crippen MR) is 117 cm³/mol. The number of hydrogen-bond donors (Lipinski definition) is 1. The van der Waals surface area contributed by atoms with Gasteiger partial charge in [0.1, 0.15) is 17.3 Å². The highest BCUT2D eigenvalue weighted by atomic mass is 16.5. The lowest BCUT2D eigenvalue weighted by atomic mass is 9.95. The van der Waals surface area contributed by atoms with Crippen LogP contribution in [0.2, 0.25) is 0 Å². The number of ether oxygens (including phenoxy) is 2. The highest BCUT2D eigenvalue weighted by molar-refractivity contribution is 6.51. The molecule has 8 nitrogen and oxygen atoms in total. The molecule has 1 amide bonds. The second kappa shape index (κ2) is 8.89. The summed E-state index contributed by atoms with van der Waals surface area (Å²) in [6.07, 6.45) is 2.97. The van der Waals surface area contributed by atoms with Crippen molar-refractivity contribution >= 4 is 23.4 Å². The SMILES string of the molecule is CCOc1ccc(/C(O)=C2/C(=O)C(=O)N(c3ncccn3)C2c2cccc(OC)c2)cc1. The van der Waals surface area contributed by atoms with Crippen molar-refractivity contribution in [1.29, 1.82) is 0 Å². The Labute approximate surface area is 184 Å². The van der Waals surface area contributed by atoms with Crippen LogP contribution in [0.25, 0.3) is 5.76 Å². The number of aliphatic hydroxyl groups excluding tert-OH is 1. The number of aliphatic hydroxyl groups is 1. The van der Waals surface area contributed by atoms with Crippen molar-refractivity contribution in [3.05, 3.63) is 83.7 Å². The van der Waals surface area contributed by atoms with Crippen LogP contribution >= 0.6 is 0 Å². The molecular weight excluding hydrogens is 410 g/mol. The van der Waals surface area contributed by atoms with Gasteiger partial charge in [0.25, 0.3) is 5.78 Å². The van der Waals surface area contributed by atoms with Crippen LogP contribution in [-0.2, 0) is 9.59 Å². The summed E-state index contributed by atoms with van der Waals surface area (Å²) in [6, 6.07) is 14.3. The topological polar surface area (TPSA) is 102 Å². The van der Waals surface area contributed by atoms with E-state index in [-0.39, 0.29) is 17.3 Å². The quantitative estimate of drug-likeness (QED) is 0.362. The van der Waals surface area contributed by atoms with Crippen molar-refractivity contribution in [1.82, 2.24) is 9.97 Å². The van der Waals surface area contributed by atoms with E-state index < -0.39 is 17.7 Å². The fraction of sp³-hybridized carbons (Fsp3) is 0.167. The molecule has 32 heavy (non-hydrogen) atoms. The van der Waals surface area contributed by atoms with Gasteiger partial charge in [0.15, 0.2) is 0 Å². The fourth-order valence-corrected chi connectivity index (χ4v) is 3.61. The number of methoxy groups -OCH3 is 1. The first-order valence-electron chi connectivity index (χ1n) is 10.00. The van der Waals surface area contributed by atoms with Crippen LogP contribution in [-0.4, -0.2) is 40.5 Å². The molecule has 4 rings (SSSR count). The summed E-state index contributed by atoms with van der Waals surface area (Å²) in [4.78, 5) is 35.6. The summed E-state index contributed by atoms with van der Waals surface area (Å²) in [5.74, 6) is -0.700. The van der Waals surface area contributed by atoms with Crippen LogP contribution in [0.3, 0.4) is 0 Å². The Morgan fingerprint density at radius 2 is 1.75 bits per heavy atom. The third kappa shape index (κ3) is 3.78. The van der Waals surface area contributed by atoms with E-state index in [2.05, 4.69) is 9.97 Å². The zero-order chi connectivity index (χ0) is 22.7. The highest BCUT2D eigenvalue weighted by Gasteiger charge is 2.48. The number of benzene rings is 2. The van der Waals surface area contributed by atoms with Crippen molar-refractivity contribution in [2.75, 3.05) is 18.6 Å². The van der Waals surface area contributed by atoms with Crippen LogP contribution in [0, 0.1) is 0 Å². The molecule has 0 bridgehead atoms. The van der Waals surface area contributed by atoms with E-state index >= 15 is 0 Å². The van der Waals surface area contributed by atoms with Crippen molar-refractivity contribution in [2.45, 2.75) is 13.0 Å². The molecule has 1 saturated heterocycles. The van der Waals surface area contributed by atoms with Gasteiger partial charge in [-0.15, -0.1) is 0 Å². The summed E-state index contributed by atoms with van der Waals surface area (Å²) < 4.78 is 10.8. The number of hydrogen-bond acceptors (Lipinski definition) is 7. The first-order valence-corrected chi connectivity index (χ1v) is 10.00. The monoisotopic (exact) mass is 431 g/mol. The number of carbonyl (C=O) groups is 2. The molecule has 2 aromatic carbocycles. The molecule has 1 aliphatic rings. The Morgan fingerprint density at radius 1 is 1.03 bits per heavy atom. The molecule has 1 fully saturated rings. The average molecular weight is 431 g/mol.